The Morgan fingerprint density at radius 1 is 1.23 bits per heavy atom. The van der Waals surface area contributed by atoms with Crippen LogP contribution < -0.4 is 10.2 Å². The molecule has 2 aromatic rings. The number of amides is 1. The molecule has 1 aliphatic heterocycles. The van der Waals surface area contributed by atoms with E-state index >= 15 is 0 Å². The fourth-order valence-electron chi connectivity index (χ4n) is 2.67. The van der Waals surface area contributed by atoms with Crippen LogP contribution in [0.25, 0.3) is 0 Å². The molecule has 3 rings (SSSR count). The molecule has 1 fully saturated rings. The van der Waals surface area contributed by atoms with Gasteiger partial charge in [-0.1, -0.05) is 11.6 Å². The van der Waals surface area contributed by atoms with Crippen molar-refractivity contribution in [1.82, 2.24) is 0 Å². The van der Waals surface area contributed by atoms with Gasteiger partial charge in [-0.15, -0.1) is 0 Å². The smallest absolute Gasteiger partial charge is 0.293 e. The lowest BCUT2D eigenvalue weighted by Gasteiger charge is -2.28. The molecule has 1 saturated heterocycles. The summed E-state index contributed by atoms with van der Waals surface area (Å²) < 4.78 is 18.3. The van der Waals surface area contributed by atoms with E-state index in [0.29, 0.717) is 32.0 Å². The Hall–Kier alpha value is -2.71. The predicted molar refractivity (Wildman–Crippen MR) is 95.5 cm³/mol. The number of carbonyl (C=O) groups excluding carboxylic acids is 1. The number of morpholine rings is 1. The van der Waals surface area contributed by atoms with E-state index in [2.05, 4.69) is 5.32 Å². The van der Waals surface area contributed by atoms with E-state index in [4.69, 9.17) is 16.3 Å². The number of nitro benzene ring substituents is 1. The normalized spacial score (nSPS) is 14.2. The standard InChI is InChI=1S/C17H15ClFN3O4/c18-13-10-12(19)2-3-14(13)20-17(23)11-1-4-15(16(9-11)22(24)25)21-5-7-26-8-6-21/h1-4,9-10H,5-8H2,(H,20,23). The molecule has 0 aliphatic carbocycles. The summed E-state index contributed by atoms with van der Waals surface area (Å²) in [6.07, 6.45) is 0. The quantitative estimate of drug-likeness (QED) is 0.649. The van der Waals surface area contributed by atoms with Crippen LogP contribution in [0.1, 0.15) is 10.4 Å². The Balaban J connectivity index is 1.86. The van der Waals surface area contributed by atoms with Crippen molar-refractivity contribution in [1.29, 1.82) is 0 Å². The van der Waals surface area contributed by atoms with Gasteiger partial charge in [0.05, 0.1) is 28.8 Å². The Kier molecular flexibility index (Phi) is 5.34. The molecule has 0 spiro atoms. The zero-order chi connectivity index (χ0) is 18.7. The van der Waals surface area contributed by atoms with Gasteiger partial charge < -0.3 is 15.0 Å². The van der Waals surface area contributed by atoms with Gasteiger partial charge in [-0.3, -0.25) is 14.9 Å². The SMILES string of the molecule is O=C(Nc1ccc(F)cc1Cl)c1ccc(N2CCOCC2)c([N+](=O)[O-])c1. The van der Waals surface area contributed by atoms with Crippen LogP contribution in [-0.4, -0.2) is 37.1 Å². The minimum atomic E-state index is -0.574. The van der Waals surface area contributed by atoms with E-state index in [1.165, 1.54) is 18.2 Å². The second-order valence-electron chi connectivity index (χ2n) is 5.64. The number of rotatable bonds is 4. The molecule has 0 atom stereocenters. The summed E-state index contributed by atoms with van der Waals surface area (Å²) in [5, 5.41) is 14.0. The number of benzene rings is 2. The lowest BCUT2D eigenvalue weighted by Crippen LogP contribution is -2.36. The summed E-state index contributed by atoms with van der Waals surface area (Å²) in [6, 6.07) is 7.82. The number of hydrogen-bond donors (Lipinski definition) is 1. The first-order chi connectivity index (χ1) is 12.5. The summed E-state index contributed by atoms with van der Waals surface area (Å²) in [5.41, 5.74) is 0.603. The molecule has 1 aliphatic rings. The van der Waals surface area contributed by atoms with Crippen LogP contribution in [0.4, 0.5) is 21.5 Å². The molecule has 136 valence electrons. The zero-order valence-corrected chi connectivity index (χ0v) is 14.3. The van der Waals surface area contributed by atoms with Crippen LogP contribution in [0.3, 0.4) is 0 Å². The summed E-state index contributed by atoms with van der Waals surface area (Å²) in [6.45, 7) is 2.06. The van der Waals surface area contributed by atoms with E-state index in [-0.39, 0.29) is 22.0 Å². The average Bonchev–Trinajstić information content (AvgIpc) is 2.64. The summed E-state index contributed by atoms with van der Waals surface area (Å²) in [4.78, 5) is 25.2. The second kappa shape index (κ2) is 7.67. The number of halogens is 2. The zero-order valence-electron chi connectivity index (χ0n) is 13.6. The van der Waals surface area contributed by atoms with Crippen molar-refractivity contribution >= 4 is 34.6 Å². The number of nitrogens with zero attached hydrogens (tertiary/aromatic N) is 2. The van der Waals surface area contributed by atoms with Gasteiger partial charge in [0.1, 0.15) is 11.5 Å². The molecule has 1 N–H and O–H groups in total. The van der Waals surface area contributed by atoms with E-state index in [1.54, 1.807) is 6.07 Å². The highest BCUT2D eigenvalue weighted by Crippen LogP contribution is 2.30. The Labute approximate surface area is 153 Å². The van der Waals surface area contributed by atoms with Crippen molar-refractivity contribution in [2.45, 2.75) is 0 Å². The van der Waals surface area contributed by atoms with Crippen molar-refractivity contribution in [3.63, 3.8) is 0 Å². The molecule has 0 aromatic heterocycles. The van der Waals surface area contributed by atoms with Crippen molar-refractivity contribution in [2.75, 3.05) is 36.5 Å². The monoisotopic (exact) mass is 379 g/mol. The third kappa shape index (κ3) is 3.92. The van der Waals surface area contributed by atoms with Gasteiger partial charge in [0, 0.05) is 24.7 Å². The van der Waals surface area contributed by atoms with Gasteiger partial charge in [-0.05, 0) is 30.3 Å². The third-order valence-corrected chi connectivity index (χ3v) is 4.28. The number of nitro groups is 1. The molecule has 9 heteroatoms. The third-order valence-electron chi connectivity index (χ3n) is 3.97. The van der Waals surface area contributed by atoms with Gasteiger partial charge in [0.25, 0.3) is 11.6 Å². The molecule has 2 aromatic carbocycles. The van der Waals surface area contributed by atoms with E-state index in [1.807, 2.05) is 4.90 Å². The maximum Gasteiger partial charge on any atom is 0.293 e. The van der Waals surface area contributed by atoms with Crippen molar-refractivity contribution in [3.8, 4) is 0 Å². The van der Waals surface area contributed by atoms with E-state index < -0.39 is 16.6 Å². The maximum absolute atomic E-state index is 13.1. The fourth-order valence-corrected chi connectivity index (χ4v) is 2.88. The minimum absolute atomic E-state index is 0.0396. The van der Waals surface area contributed by atoms with E-state index in [9.17, 15) is 19.3 Å². The van der Waals surface area contributed by atoms with Crippen molar-refractivity contribution < 1.29 is 18.8 Å². The van der Waals surface area contributed by atoms with Gasteiger partial charge in [0.2, 0.25) is 0 Å². The van der Waals surface area contributed by atoms with Crippen LogP contribution in [0.15, 0.2) is 36.4 Å². The topological polar surface area (TPSA) is 84.7 Å². The highest BCUT2D eigenvalue weighted by atomic mass is 35.5. The number of nitrogens with one attached hydrogen (secondary N) is 1. The molecule has 1 amide bonds. The molecule has 1 heterocycles. The minimum Gasteiger partial charge on any atom is -0.378 e. The van der Waals surface area contributed by atoms with Gasteiger partial charge in [-0.25, -0.2) is 4.39 Å². The first-order valence-electron chi connectivity index (χ1n) is 7.83. The number of anilines is 2. The molecule has 7 nitrogen and oxygen atoms in total. The van der Waals surface area contributed by atoms with Crippen molar-refractivity contribution in [2.24, 2.45) is 0 Å². The molecular weight excluding hydrogens is 365 g/mol. The number of hydrogen-bond acceptors (Lipinski definition) is 5. The van der Waals surface area contributed by atoms with Crippen LogP contribution >= 0.6 is 11.6 Å². The predicted octanol–water partition coefficient (Wildman–Crippen LogP) is 3.48. The fraction of sp³-hybridized carbons (Fsp3) is 0.235. The first-order valence-corrected chi connectivity index (χ1v) is 8.21. The Morgan fingerprint density at radius 2 is 1.96 bits per heavy atom. The molecule has 0 saturated carbocycles. The van der Waals surface area contributed by atoms with E-state index in [0.717, 1.165) is 12.1 Å². The molecule has 0 radical (unpaired) electrons. The Morgan fingerprint density at radius 3 is 2.62 bits per heavy atom. The Bertz CT molecular complexity index is 856. The van der Waals surface area contributed by atoms with Gasteiger partial charge >= 0.3 is 0 Å². The average molecular weight is 380 g/mol. The van der Waals surface area contributed by atoms with Gasteiger partial charge in [0.15, 0.2) is 0 Å². The lowest BCUT2D eigenvalue weighted by molar-refractivity contribution is -0.384. The maximum atomic E-state index is 13.1. The highest BCUT2D eigenvalue weighted by molar-refractivity contribution is 6.33. The number of ether oxygens (including phenoxy) is 1. The van der Waals surface area contributed by atoms with Crippen LogP contribution in [0.2, 0.25) is 5.02 Å². The van der Waals surface area contributed by atoms with Crippen LogP contribution in [0.5, 0.6) is 0 Å². The molecule has 26 heavy (non-hydrogen) atoms. The first kappa shape index (κ1) is 18.1. The number of carbonyl (C=O) groups is 1. The summed E-state index contributed by atoms with van der Waals surface area (Å²) in [7, 11) is 0. The largest absolute Gasteiger partial charge is 0.378 e. The summed E-state index contributed by atoms with van der Waals surface area (Å²) >= 11 is 5.89. The van der Waals surface area contributed by atoms with Gasteiger partial charge in [-0.2, -0.15) is 0 Å². The van der Waals surface area contributed by atoms with Crippen molar-refractivity contribution in [3.05, 3.63) is 62.9 Å². The summed E-state index contributed by atoms with van der Waals surface area (Å²) in [5.74, 6) is -1.10. The molecular formula is C17H15ClFN3O4. The molecule has 0 unspecified atom stereocenters. The van der Waals surface area contributed by atoms with Crippen LogP contribution in [0, 0.1) is 15.9 Å². The second-order valence-corrected chi connectivity index (χ2v) is 6.05. The molecule has 0 bridgehead atoms. The highest BCUT2D eigenvalue weighted by Gasteiger charge is 2.23. The van der Waals surface area contributed by atoms with Crippen LogP contribution in [-0.2, 0) is 4.74 Å². The lowest BCUT2D eigenvalue weighted by atomic mass is 10.1.